The fourth-order valence-electron chi connectivity index (χ4n) is 4.39. The lowest BCUT2D eigenvalue weighted by Crippen LogP contribution is -2.32. The van der Waals surface area contributed by atoms with Crippen molar-refractivity contribution >= 4 is 11.8 Å². The lowest BCUT2D eigenvalue weighted by molar-refractivity contribution is -0.143. The average molecular weight is 443 g/mol. The van der Waals surface area contributed by atoms with Crippen LogP contribution in [0, 0.1) is 13.8 Å². The van der Waals surface area contributed by atoms with Gasteiger partial charge in [0.25, 0.3) is 0 Å². The number of rotatable bonds is 9. The first-order valence-corrected chi connectivity index (χ1v) is 12.0. The van der Waals surface area contributed by atoms with E-state index in [-0.39, 0.29) is 6.42 Å². The van der Waals surface area contributed by atoms with Crippen LogP contribution in [0.3, 0.4) is 0 Å². The minimum Gasteiger partial charge on any atom is -0.355 e. The standard InChI is InChI=1S/C28H32N3O2/c1-20-10-14-22(15-11-20)26-27(23-16-12-21(2)13-17-23)30-28-24(29-26)8-7-19-31(28)18-6-4-3-5-9-25(32)33/h10-17H,3-9,18-19H2,1-2H3. The first-order chi connectivity index (χ1) is 16.0. The minimum absolute atomic E-state index is 0.153. The van der Waals surface area contributed by atoms with Crippen molar-refractivity contribution in [1.82, 2.24) is 9.97 Å². The lowest BCUT2D eigenvalue weighted by atomic mass is 10.0. The number of hydrogen-bond acceptors (Lipinski definition) is 4. The second kappa shape index (κ2) is 10.6. The van der Waals surface area contributed by atoms with Crippen molar-refractivity contribution in [3.05, 3.63) is 65.4 Å². The largest absolute Gasteiger partial charge is 0.355 e. The van der Waals surface area contributed by atoms with E-state index in [1.54, 1.807) is 0 Å². The van der Waals surface area contributed by atoms with Gasteiger partial charge in [-0.05, 0) is 39.5 Å². The monoisotopic (exact) mass is 442 g/mol. The van der Waals surface area contributed by atoms with Crippen LogP contribution >= 0.6 is 0 Å². The number of carbonyl (C=O) groups excluding carboxylic acids is 1. The maximum Gasteiger partial charge on any atom is 0.355 e. The Kier molecular flexibility index (Phi) is 7.38. The van der Waals surface area contributed by atoms with Crippen LogP contribution in [0.4, 0.5) is 5.82 Å². The van der Waals surface area contributed by atoms with Crippen LogP contribution in [-0.2, 0) is 16.3 Å². The normalized spacial score (nSPS) is 13.1. The van der Waals surface area contributed by atoms with Crippen LogP contribution in [0.25, 0.3) is 22.5 Å². The molecule has 2 heterocycles. The Morgan fingerprint density at radius 3 is 2.00 bits per heavy atom. The van der Waals surface area contributed by atoms with Gasteiger partial charge in [0.1, 0.15) is 0 Å². The Morgan fingerprint density at radius 2 is 1.39 bits per heavy atom. The van der Waals surface area contributed by atoms with Crippen LogP contribution in [0.1, 0.15) is 55.3 Å². The molecule has 3 aromatic rings. The third kappa shape index (κ3) is 5.78. The number of fused-ring (bicyclic) bond motifs is 1. The molecule has 0 fully saturated rings. The Balaban J connectivity index is 1.62. The summed E-state index contributed by atoms with van der Waals surface area (Å²) in [6.07, 6.45) is 5.81. The highest BCUT2D eigenvalue weighted by molar-refractivity contribution is 5.79. The molecule has 1 aromatic heterocycles. The van der Waals surface area contributed by atoms with Crippen molar-refractivity contribution in [1.29, 1.82) is 0 Å². The first-order valence-electron chi connectivity index (χ1n) is 12.0. The predicted molar refractivity (Wildman–Crippen MR) is 132 cm³/mol. The molecule has 0 unspecified atom stereocenters. The van der Waals surface area contributed by atoms with E-state index >= 15 is 0 Å². The van der Waals surface area contributed by atoms with Gasteiger partial charge >= 0.3 is 5.97 Å². The zero-order valence-electron chi connectivity index (χ0n) is 19.6. The van der Waals surface area contributed by atoms with Gasteiger partial charge in [0, 0.05) is 24.2 Å². The maximum absolute atomic E-state index is 10.6. The first kappa shape index (κ1) is 23.0. The van der Waals surface area contributed by atoms with Crippen molar-refractivity contribution in [3.8, 4) is 22.5 Å². The van der Waals surface area contributed by atoms with E-state index in [4.69, 9.17) is 9.97 Å². The van der Waals surface area contributed by atoms with Gasteiger partial charge < -0.3 is 4.90 Å². The van der Waals surface area contributed by atoms with Crippen molar-refractivity contribution in [2.75, 3.05) is 18.0 Å². The quantitative estimate of drug-likeness (QED) is 0.376. The summed E-state index contributed by atoms with van der Waals surface area (Å²) in [5.41, 5.74) is 7.58. The number of benzene rings is 2. The van der Waals surface area contributed by atoms with E-state index < -0.39 is 5.97 Å². The predicted octanol–water partition coefficient (Wildman–Crippen LogP) is 6.09. The molecule has 1 radical (unpaired) electrons. The topological polar surface area (TPSA) is 66.0 Å². The minimum atomic E-state index is -0.955. The van der Waals surface area contributed by atoms with Crippen LogP contribution in [0.5, 0.6) is 0 Å². The summed E-state index contributed by atoms with van der Waals surface area (Å²) in [5.74, 6) is 0.0469. The molecule has 2 aromatic carbocycles. The lowest BCUT2D eigenvalue weighted by Gasteiger charge is -2.30. The van der Waals surface area contributed by atoms with Gasteiger partial charge in [0.2, 0.25) is 0 Å². The Labute approximate surface area is 196 Å². The van der Waals surface area contributed by atoms with Crippen LogP contribution in [0.2, 0.25) is 0 Å². The summed E-state index contributed by atoms with van der Waals surface area (Å²) >= 11 is 0. The SMILES string of the molecule is Cc1ccc(-c2nc3c(nc2-c2ccc(C)cc2)N(CCCCCCC([O])=O)CCC3)cc1. The summed E-state index contributed by atoms with van der Waals surface area (Å²) < 4.78 is 0. The number of unbranched alkanes of at least 4 members (excludes halogenated alkanes) is 3. The summed E-state index contributed by atoms with van der Waals surface area (Å²) in [6.45, 7) is 6.10. The smallest absolute Gasteiger partial charge is 0.355 e. The molecule has 33 heavy (non-hydrogen) atoms. The number of nitrogens with zero attached hydrogens (tertiary/aromatic N) is 3. The molecule has 0 atom stereocenters. The van der Waals surface area contributed by atoms with Crippen LogP contribution in [-0.4, -0.2) is 29.0 Å². The van der Waals surface area contributed by atoms with Gasteiger partial charge in [0.15, 0.2) is 5.82 Å². The molecule has 5 heteroatoms. The molecule has 0 bridgehead atoms. The van der Waals surface area contributed by atoms with E-state index in [1.807, 2.05) is 0 Å². The molecule has 5 nitrogen and oxygen atoms in total. The molecule has 1 aliphatic rings. The molecule has 0 saturated carbocycles. The third-order valence-corrected chi connectivity index (χ3v) is 6.30. The molecule has 1 aliphatic heterocycles. The summed E-state index contributed by atoms with van der Waals surface area (Å²) in [6, 6.07) is 17.0. The highest BCUT2D eigenvalue weighted by Crippen LogP contribution is 2.35. The van der Waals surface area contributed by atoms with E-state index in [1.165, 1.54) is 11.1 Å². The van der Waals surface area contributed by atoms with Gasteiger partial charge in [-0.15, -0.1) is 0 Å². The van der Waals surface area contributed by atoms with E-state index in [9.17, 15) is 9.90 Å². The fourth-order valence-corrected chi connectivity index (χ4v) is 4.39. The molecule has 0 spiro atoms. The van der Waals surface area contributed by atoms with Gasteiger partial charge in [0.05, 0.1) is 23.5 Å². The summed E-state index contributed by atoms with van der Waals surface area (Å²) in [5, 5.41) is 10.6. The zero-order chi connectivity index (χ0) is 23.2. The van der Waals surface area contributed by atoms with Crippen LogP contribution in [0.15, 0.2) is 48.5 Å². The zero-order valence-corrected chi connectivity index (χ0v) is 19.6. The summed E-state index contributed by atoms with van der Waals surface area (Å²) in [7, 11) is 0. The Morgan fingerprint density at radius 1 is 0.818 bits per heavy atom. The molecular formula is C28H32N3O2. The van der Waals surface area contributed by atoms with Gasteiger partial charge in [-0.25, -0.2) is 19.9 Å². The molecule has 0 amide bonds. The van der Waals surface area contributed by atoms with Gasteiger partial charge in [-0.2, -0.15) is 0 Å². The van der Waals surface area contributed by atoms with E-state index in [2.05, 4.69) is 67.3 Å². The highest BCUT2D eigenvalue weighted by atomic mass is 16.4. The van der Waals surface area contributed by atoms with Crippen molar-refractivity contribution in [2.45, 2.75) is 58.8 Å². The van der Waals surface area contributed by atoms with Crippen molar-refractivity contribution in [3.63, 3.8) is 0 Å². The van der Waals surface area contributed by atoms with Crippen molar-refractivity contribution < 1.29 is 9.90 Å². The molecule has 0 N–H and O–H groups in total. The maximum atomic E-state index is 10.6. The molecular weight excluding hydrogens is 410 g/mol. The van der Waals surface area contributed by atoms with E-state index in [0.717, 1.165) is 79.2 Å². The molecule has 0 aliphatic carbocycles. The third-order valence-electron chi connectivity index (χ3n) is 6.30. The molecule has 0 saturated heterocycles. The number of anilines is 1. The van der Waals surface area contributed by atoms with E-state index in [0.29, 0.717) is 6.42 Å². The van der Waals surface area contributed by atoms with Crippen molar-refractivity contribution in [2.24, 2.45) is 0 Å². The average Bonchev–Trinajstić information content (AvgIpc) is 2.81. The number of aryl methyl sites for hydroxylation is 3. The highest BCUT2D eigenvalue weighted by Gasteiger charge is 2.23. The van der Waals surface area contributed by atoms with Crippen LogP contribution < -0.4 is 4.90 Å². The van der Waals surface area contributed by atoms with Gasteiger partial charge in [-0.3, -0.25) is 0 Å². The fraction of sp³-hybridized carbons (Fsp3) is 0.393. The number of hydrogen-bond donors (Lipinski definition) is 0. The second-order valence-corrected chi connectivity index (χ2v) is 9.05. The van der Waals surface area contributed by atoms with Gasteiger partial charge in [-0.1, -0.05) is 72.5 Å². The Bertz CT molecular complexity index is 1090. The Hall–Kier alpha value is -3.21. The second-order valence-electron chi connectivity index (χ2n) is 9.05. The molecule has 4 rings (SSSR count). The summed E-state index contributed by atoms with van der Waals surface area (Å²) in [4.78, 5) is 23.3. The molecule has 171 valence electrons. The number of aromatic nitrogens is 2. The number of carbonyl (C=O) groups is 1.